The van der Waals surface area contributed by atoms with Crippen molar-refractivity contribution in [3.63, 3.8) is 0 Å². The maximum absolute atomic E-state index is 6.46. The van der Waals surface area contributed by atoms with Gasteiger partial charge in [0.25, 0.3) is 0 Å². The van der Waals surface area contributed by atoms with Gasteiger partial charge in [-0.25, -0.2) is 4.52 Å². The molecule has 2 aromatic carbocycles. The second-order valence-corrected chi connectivity index (χ2v) is 9.69. The third-order valence-electron chi connectivity index (χ3n) is 7.17. The van der Waals surface area contributed by atoms with Gasteiger partial charge in [0.05, 0.1) is 23.3 Å². The Morgan fingerprint density at radius 1 is 0.914 bits per heavy atom. The van der Waals surface area contributed by atoms with Crippen molar-refractivity contribution in [1.29, 1.82) is 0 Å². The molecule has 178 valence electrons. The van der Waals surface area contributed by atoms with Crippen molar-refractivity contribution in [3.05, 3.63) is 84.3 Å². The number of fused-ring (bicyclic) bond motifs is 2. The normalized spacial score (nSPS) is 14.4. The van der Waals surface area contributed by atoms with Crippen LogP contribution in [0.4, 0.5) is 5.69 Å². The number of anilines is 1. The molecule has 6 rings (SSSR count). The summed E-state index contributed by atoms with van der Waals surface area (Å²) in [4.78, 5) is 2.59. The molecule has 6 nitrogen and oxygen atoms in total. The van der Waals surface area contributed by atoms with Crippen LogP contribution in [0, 0.1) is 0 Å². The first-order valence-electron chi connectivity index (χ1n) is 12.7. The van der Waals surface area contributed by atoms with E-state index in [2.05, 4.69) is 64.7 Å². The van der Waals surface area contributed by atoms with Gasteiger partial charge < -0.3 is 10.6 Å². The van der Waals surface area contributed by atoms with E-state index >= 15 is 0 Å². The fourth-order valence-corrected chi connectivity index (χ4v) is 5.35. The predicted molar refractivity (Wildman–Crippen MR) is 142 cm³/mol. The minimum Gasteiger partial charge on any atom is -0.397 e. The second-order valence-electron chi connectivity index (χ2n) is 9.69. The molecule has 0 spiro atoms. The maximum atomic E-state index is 6.46. The van der Waals surface area contributed by atoms with Gasteiger partial charge in [-0.3, -0.25) is 4.68 Å². The average molecular weight is 465 g/mol. The fourth-order valence-electron chi connectivity index (χ4n) is 5.35. The number of nitrogens with zero attached hydrogens (tertiary/aromatic N) is 5. The molecule has 5 aromatic rings. The number of rotatable bonds is 8. The van der Waals surface area contributed by atoms with Gasteiger partial charge >= 0.3 is 0 Å². The quantitative estimate of drug-likeness (QED) is 0.312. The number of aromatic nitrogens is 4. The molecule has 1 fully saturated rings. The van der Waals surface area contributed by atoms with E-state index in [1.54, 1.807) is 6.20 Å². The molecule has 1 aliphatic heterocycles. The van der Waals surface area contributed by atoms with Gasteiger partial charge in [0.15, 0.2) is 0 Å². The second kappa shape index (κ2) is 9.55. The Balaban J connectivity index is 1.27. The number of likely N-dealkylation sites (tertiary alicyclic amines) is 1. The van der Waals surface area contributed by atoms with Gasteiger partial charge in [-0.1, -0.05) is 42.5 Å². The van der Waals surface area contributed by atoms with Gasteiger partial charge in [0, 0.05) is 29.0 Å². The zero-order valence-corrected chi connectivity index (χ0v) is 20.1. The summed E-state index contributed by atoms with van der Waals surface area (Å²) in [6, 6.07) is 21.1. The Kier molecular flexibility index (Phi) is 5.96. The molecule has 4 heterocycles. The molecule has 0 unspecified atom stereocenters. The van der Waals surface area contributed by atoms with Gasteiger partial charge in [-0.2, -0.15) is 10.2 Å². The molecule has 1 saturated heterocycles. The number of nitrogens with two attached hydrogens (primary N) is 1. The van der Waals surface area contributed by atoms with Crippen molar-refractivity contribution < 1.29 is 0 Å². The minimum atomic E-state index is 0.757. The Bertz CT molecular complexity index is 1440. The summed E-state index contributed by atoms with van der Waals surface area (Å²) in [6.07, 6.45) is 9.99. The molecule has 0 radical (unpaired) electrons. The minimum absolute atomic E-state index is 0.757. The van der Waals surface area contributed by atoms with Crippen LogP contribution >= 0.6 is 0 Å². The van der Waals surface area contributed by atoms with Crippen LogP contribution in [0.25, 0.3) is 27.5 Å². The third kappa shape index (κ3) is 4.54. The summed E-state index contributed by atoms with van der Waals surface area (Å²) in [6.45, 7) is 4.49. The summed E-state index contributed by atoms with van der Waals surface area (Å²) < 4.78 is 4.06. The Labute approximate surface area is 206 Å². The first kappa shape index (κ1) is 21.9. The summed E-state index contributed by atoms with van der Waals surface area (Å²) in [5.74, 6) is 0. The Morgan fingerprint density at radius 2 is 1.77 bits per heavy atom. The lowest BCUT2D eigenvalue weighted by Crippen LogP contribution is -2.20. The Morgan fingerprint density at radius 3 is 2.63 bits per heavy atom. The van der Waals surface area contributed by atoms with Crippen LogP contribution < -0.4 is 5.73 Å². The smallest absolute Gasteiger partial charge is 0.0957 e. The van der Waals surface area contributed by atoms with Crippen molar-refractivity contribution in [2.24, 2.45) is 0 Å². The summed E-state index contributed by atoms with van der Waals surface area (Å²) in [5.41, 5.74) is 13.9. The SMILES string of the molecule is Nc1ccnn2c(CCCCN3CCCC3)cc(-c3ccc4cn(Cc5ccccc5)nc4c3)c12. The van der Waals surface area contributed by atoms with Crippen LogP contribution in [0.3, 0.4) is 0 Å². The molecular formula is C29H32N6. The van der Waals surface area contributed by atoms with Gasteiger partial charge in [-0.05, 0) is 81.1 Å². The molecule has 3 aromatic heterocycles. The molecule has 0 atom stereocenters. The van der Waals surface area contributed by atoms with Crippen LogP contribution in [-0.2, 0) is 13.0 Å². The zero-order valence-electron chi connectivity index (χ0n) is 20.1. The lowest BCUT2D eigenvalue weighted by atomic mass is 10.0. The number of nitrogen functional groups attached to an aromatic ring is 1. The van der Waals surface area contributed by atoms with Crippen molar-refractivity contribution in [3.8, 4) is 11.1 Å². The van der Waals surface area contributed by atoms with E-state index in [1.165, 1.54) is 50.2 Å². The largest absolute Gasteiger partial charge is 0.397 e. The summed E-state index contributed by atoms with van der Waals surface area (Å²) in [5, 5.41) is 10.7. The standard InChI is InChI=1S/C29H32N6/c30-27-13-14-31-35-25(10-4-5-15-33-16-6-7-17-33)19-26(29(27)35)23-11-12-24-21-34(32-28(24)18-23)20-22-8-2-1-3-9-22/h1-3,8-9,11-14,18-19,21H,4-7,10,15-17,20,30H2. The monoisotopic (exact) mass is 464 g/mol. The molecule has 0 amide bonds. The number of hydrogen-bond donors (Lipinski definition) is 1. The number of benzene rings is 2. The summed E-state index contributed by atoms with van der Waals surface area (Å²) in [7, 11) is 0. The Hall–Kier alpha value is -3.64. The van der Waals surface area contributed by atoms with Crippen molar-refractivity contribution >= 4 is 22.1 Å². The molecular weight excluding hydrogens is 432 g/mol. The highest BCUT2D eigenvalue weighted by Gasteiger charge is 2.16. The molecule has 2 N–H and O–H groups in total. The van der Waals surface area contributed by atoms with E-state index in [9.17, 15) is 0 Å². The van der Waals surface area contributed by atoms with E-state index in [0.717, 1.165) is 52.6 Å². The lowest BCUT2D eigenvalue weighted by Gasteiger charge is -2.13. The number of unbranched alkanes of at least 4 members (excludes halogenated alkanes) is 1. The van der Waals surface area contributed by atoms with Crippen molar-refractivity contribution in [2.45, 2.75) is 38.6 Å². The third-order valence-corrected chi connectivity index (χ3v) is 7.17. The molecule has 35 heavy (non-hydrogen) atoms. The highest BCUT2D eigenvalue weighted by molar-refractivity contribution is 5.93. The zero-order chi connectivity index (χ0) is 23.6. The molecule has 6 heteroatoms. The van der Waals surface area contributed by atoms with Crippen LogP contribution in [0.5, 0.6) is 0 Å². The van der Waals surface area contributed by atoms with E-state index in [0.29, 0.717) is 0 Å². The van der Waals surface area contributed by atoms with Crippen molar-refractivity contribution in [1.82, 2.24) is 24.3 Å². The molecule has 0 aliphatic carbocycles. The first-order valence-corrected chi connectivity index (χ1v) is 12.7. The van der Waals surface area contributed by atoms with E-state index in [1.807, 2.05) is 21.3 Å². The van der Waals surface area contributed by atoms with Crippen molar-refractivity contribution in [2.75, 3.05) is 25.4 Å². The van der Waals surface area contributed by atoms with E-state index in [4.69, 9.17) is 10.8 Å². The van der Waals surface area contributed by atoms with Crippen LogP contribution in [-0.4, -0.2) is 43.9 Å². The first-order chi connectivity index (χ1) is 17.2. The summed E-state index contributed by atoms with van der Waals surface area (Å²) >= 11 is 0. The molecule has 0 saturated carbocycles. The average Bonchev–Trinajstić information content (AvgIpc) is 3.61. The van der Waals surface area contributed by atoms with Gasteiger partial charge in [0.1, 0.15) is 0 Å². The molecule has 1 aliphatic rings. The number of hydrogen-bond acceptors (Lipinski definition) is 4. The van der Waals surface area contributed by atoms with Gasteiger partial charge in [0.2, 0.25) is 0 Å². The van der Waals surface area contributed by atoms with Crippen LogP contribution in [0.2, 0.25) is 0 Å². The lowest BCUT2D eigenvalue weighted by molar-refractivity contribution is 0.330. The van der Waals surface area contributed by atoms with Crippen LogP contribution in [0.1, 0.15) is 36.9 Å². The topological polar surface area (TPSA) is 64.4 Å². The highest BCUT2D eigenvalue weighted by atomic mass is 15.3. The highest BCUT2D eigenvalue weighted by Crippen LogP contribution is 2.33. The van der Waals surface area contributed by atoms with E-state index < -0.39 is 0 Å². The van der Waals surface area contributed by atoms with Gasteiger partial charge in [-0.15, -0.1) is 0 Å². The predicted octanol–water partition coefficient (Wildman–Crippen LogP) is 5.40. The fraction of sp³-hybridized carbons (Fsp3) is 0.310. The number of aryl methyl sites for hydroxylation is 1. The van der Waals surface area contributed by atoms with Crippen LogP contribution in [0.15, 0.2) is 73.1 Å². The van der Waals surface area contributed by atoms with E-state index in [-0.39, 0.29) is 0 Å². The maximum Gasteiger partial charge on any atom is 0.0957 e. The molecule has 0 bridgehead atoms.